The van der Waals surface area contributed by atoms with Gasteiger partial charge in [0.1, 0.15) is 0 Å². The van der Waals surface area contributed by atoms with E-state index >= 15 is 0 Å². The van der Waals surface area contributed by atoms with Crippen molar-refractivity contribution in [2.45, 2.75) is 17.7 Å². The minimum absolute atomic E-state index is 0.00324. The summed E-state index contributed by atoms with van der Waals surface area (Å²) in [5.74, 6) is 1.29. The second kappa shape index (κ2) is 10.1. The normalized spacial score (nSPS) is 13.3. The van der Waals surface area contributed by atoms with Crippen molar-refractivity contribution in [2.24, 2.45) is 0 Å². The fraction of sp³-hybridized carbons (Fsp3) is 0.350. The second-order valence-electron chi connectivity index (χ2n) is 6.54. The molecule has 3 rings (SSSR count). The zero-order valence-corrected chi connectivity index (χ0v) is 18.6. The molecule has 168 valence electrons. The summed E-state index contributed by atoms with van der Waals surface area (Å²) in [6.07, 6.45) is 0.644. The highest BCUT2D eigenvalue weighted by Crippen LogP contribution is 2.37. The van der Waals surface area contributed by atoms with Crippen LogP contribution in [0.3, 0.4) is 0 Å². The average Bonchev–Trinajstić information content (AvgIpc) is 2.98. The highest BCUT2D eigenvalue weighted by Gasteiger charge is 2.18. The van der Waals surface area contributed by atoms with E-state index in [-0.39, 0.29) is 23.6 Å². The van der Waals surface area contributed by atoms with Crippen molar-refractivity contribution in [3.8, 4) is 23.0 Å². The molecule has 9 nitrogen and oxygen atoms in total. The maximum absolute atomic E-state index is 12.5. The Kier molecular flexibility index (Phi) is 7.47. The van der Waals surface area contributed by atoms with Crippen molar-refractivity contribution < 1.29 is 32.2 Å². The molecule has 0 aromatic heterocycles. The molecule has 11 heteroatoms. The van der Waals surface area contributed by atoms with Crippen molar-refractivity contribution in [2.75, 3.05) is 39.3 Å². The van der Waals surface area contributed by atoms with Gasteiger partial charge in [-0.3, -0.25) is 4.79 Å². The summed E-state index contributed by atoms with van der Waals surface area (Å²) in [7, 11) is -0.969. The Labute approximate surface area is 185 Å². The number of carbonyl (C=O) groups is 1. The zero-order chi connectivity index (χ0) is 22.4. The number of rotatable bonds is 8. The third kappa shape index (κ3) is 5.72. The standard InChI is InChI=1S/C20H23ClN2O7S/c1-27-16-5-4-13(10-17(16)28-2)31(25,26)22-7-6-20(24)23-15-12-19-18(11-14(15)21)29-8-3-9-30-19/h4-5,10-12,22H,3,6-9H2,1-2H3,(H,23,24). The zero-order valence-electron chi connectivity index (χ0n) is 17.1. The van der Waals surface area contributed by atoms with Crippen molar-refractivity contribution >= 4 is 33.2 Å². The summed E-state index contributed by atoms with van der Waals surface area (Å²) in [6.45, 7) is 0.917. The van der Waals surface area contributed by atoms with Crippen LogP contribution >= 0.6 is 11.6 Å². The Morgan fingerprint density at radius 1 is 1.06 bits per heavy atom. The largest absolute Gasteiger partial charge is 0.493 e. The van der Waals surface area contributed by atoms with E-state index in [0.29, 0.717) is 41.2 Å². The van der Waals surface area contributed by atoms with Gasteiger partial charge in [-0.25, -0.2) is 13.1 Å². The summed E-state index contributed by atoms with van der Waals surface area (Å²) in [6, 6.07) is 7.40. The van der Waals surface area contributed by atoms with Gasteiger partial charge in [0, 0.05) is 37.6 Å². The molecule has 0 radical (unpaired) electrons. The molecule has 0 saturated heterocycles. The molecule has 0 atom stereocenters. The molecule has 1 aliphatic heterocycles. The summed E-state index contributed by atoms with van der Waals surface area (Å²) in [4.78, 5) is 12.3. The van der Waals surface area contributed by atoms with Gasteiger partial charge in [-0.2, -0.15) is 0 Å². The Hall–Kier alpha value is -2.69. The van der Waals surface area contributed by atoms with Gasteiger partial charge in [-0.1, -0.05) is 11.6 Å². The van der Waals surface area contributed by atoms with E-state index in [1.807, 2.05) is 0 Å². The molecule has 2 aromatic rings. The van der Waals surface area contributed by atoms with Crippen LogP contribution in [0.4, 0.5) is 5.69 Å². The van der Waals surface area contributed by atoms with E-state index in [9.17, 15) is 13.2 Å². The third-order valence-electron chi connectivity index (χ3n) is 4.42. The molecular weight excluding hydrogens is 448 g/mol. The number of methoxy groups -OCH3 is 2. The lowest BCUT2D eigenvalue weighted by Crippen LogP contribution is -2.28. The average molecular weight is 471 g/mol. The third-order valence-corrected chi connectivity index (χ3v) is 6.19. The van der Waals surface area contributed by atoms with Crippen LogP contribution in [-0.4, -0.2) is 48.3 Å². The van der Waals surface area contributed by atoms with Crippen LogP contribution in [0.5, 0.6) is 23.0 Å². The van der Waals surface area contributed by atoms with Crippen LogP contribution < -0.4 is 29.0 Å². The Morgan fingerprint density at radius 3 is 2.42 bits per heavy atom. The fourth-order valence-electron chi connectivity index (χ4n) is 2.86. The first-order valence-corrected chi connectivity index (χ1v) is 11.3. The lowest BCUT2D eigenvalue weighted by molar-refractivity contribution is -0.116. The van der Waals surface area contributed by atoms with E-state index in [1.165, 1.54) is 32.4 Å². The molecule has 0 spiro atoms. The number of benzene rings is 2. The molecule has 31 heavy (non-hydrogen) atoms. The number of anilines is 1. The summed E-state index contributed by atoms with van der Waals surface area (Å²) >= 11 is 6.21. The number of carbonyl (C=O) groups excluding carboxylic acids is 1. The molecule has 0 fully saturated rings. The van der Waals surface area contributed by atoms with Crippen molar-refractivity contribution in [1.82, 2.24) is 4.72 Å². The van der Waals surface area contributed by atoms with Crippen LogP contribution in [0.25, 0.3) is 0 Å². The van der Waals surface area contributed by atoms with E-state index in [1.54, 1.807) is 12.1 Å². The maximum atomic E-state index is 12.5. The summed E-state index contributed by atoms with van der Waals surface area (Å²) in [5.41, 5.74) is 0.360. The number of fused-ring (bicyclic) bond motifs is 1. The molecule has 0 saturated carbocycles. The van der Waals surface area contributed by atoms with Crippen molar-refractivity contribution in [3.05, 3.63) is 35.4 Å². The minimum Gasteiger partial charge on any atom is -0.493 e. The molecule has 0 aliphatic carbocycles. The first-order chi connectivity index (χ1) is 14.8. The van der Waals surface area contributed by atoms with Gasteiger partial charge >= 0.3 is 0 Å². The molecule has 1 aliphatic rings. The van der Waals surface area contributed by atoms with Crippen molar-refractivity contribution in [1.29, 1.82) is 0 Å². The topological polar surface area (TPSA) is 112 Å². The van der Waals surface area contributed by atoms with E-state index in [4.69, 9.17) is 30.5 Å². The number of hydrogen-bond acceptors (Lipinski definition) is 7. The van der Waals surface area contributed by atoms with Gasteiger partial charge in [0.25, 0.3) is 0 Å². The van der Waals surface area contributed by atoms with Gasteiger partial charge in [0.15, 0.2) is 23.0 Å². The predicted molar refractivity (Wildman–Crippen MR) is 115 cm³/mol. The number of ether oxygens (including phenoxy) is 4. The van der Waals surface area contributed by atoms with Crippen LogP contribution in [0.15, 0.2) is 35.2 Å². The van der Waals surface area contributed by atoms with Crippen LogP contribution in [0, 0.1) is 0 Å². The lowest BCUT2D eigenvalue weighted by Gasteiger charge is -2.13. The SMILES string of the molecule is COc1ccc(S(=O)(=O)NCCC(=O)Nc2cc3c(cc2Cl)OCCCO3)cc1OC. The molecule has 1 amide bonds. The summed E-state index contributed by atoms with van der Waals surface area (Å²) in [5, 5.41) is 2.96. The van der Waals surface area contributed by atoms with Crippen LogP contribution in [-0.2, 0) is 14.8 Å². The van der Waals surface area contributed by atoms with Gasteiger partial charge in [-0.15, -0.1) is 0 Å². The Bertz CT molecular complexity index is 1060. The molecule has 2 N–H and O–H groups in total. The molecule has 2 aromatic carbocycles. The smallest absolute Gasteiger partial charge is 0.240 e. The van der Waals surface area contributed by atoms with Crippen molar-refractivity contribution in [3.63, 3.8) is 0 Å². The van der Waals surface area contributed by atoms with Crippen LogP contribution in [0.2, 0.25) is 5.02 Å². The van der Waals surface area contributed by atoms with Gasteiger partial charge in [-0.05, 0) is 12.1 Å². The number of halogens is 1. The predicted octanol–water partition coefficient (Wildman–Crippen LogP) is 2.83. The minimum atomic E-state index is -3.84. The van der Waals surface area contributed by atoms with Gasteiger partial charge < -0.3 is 24.3 Å². The molecular formula is C20H23ClN2O7S. The molecule has 0 unspecified atom stereocenters. The highest BCUT2D eigenvalue weighted by atomic mass is 35.5. The van der Waals surface area contributed by atoms with E-state index in [2.05, 4.69) is 10.0 Å². The van der Waals surface area contributed by atoms with E-state index in [0.717, 1.165) is 6.42 Å². The first-order valence-electron chi connectivity index (χ1n) is 9.44. The fourth-order valence-corrected chi connectivity index (χ4v) is 4.11. The number of hydrogen-bond donors (Lipinski definition) is 2. The highest BCUT2D eigenvalue weighted by molar-refractivity contribution is 7.89. The van der Waals surface area contributed by atoms with E-state index < -0.39 is 15.9 Å². The van der Waals surface area contributed by atoms with Crippen LogP contribution in [0.1, 0.15) is 12.8 Å². The van der Waals surface area contributed by atoms with Gasteiger partial charge in [0.2, 0.25) is 15.9 Å². The van der Waals surface area contributed by atoms with Gasteiger partial charge in [0.05, 0.1) is 43.0 Å². The Morgan fingerprint density at radius 2 is 1.74 bits per heavy atom. The first kappa shape index (κ1) is 23.0. The second-order valence-corrected chi connectivity index (χ2v) is 8.72. The number of nitrogens with one attached hydrogen (secondary N) is 2. The molecule has 0 bridgehead atoms. The molecule has 1 heterocycles. The lowest BCUT2D eigenvalue weighted by atomic mass is 10.2. The quantitative estimate of drug-likeness (QED) is 0.610. The number of amides is 1. The monoisotopic (exact) mass is 470 g/mol. The Balaban J connectivity index is 1.59. The summed E-state index contributed by atoms with van der Waals surface area (Å²) < 4.78 is 48.8. The number of sulfonamides is 1. The maximum Gasteiger partial charge on any atom is 0.240 e.